The van der Waals surface area contributed by atoms with Crippen LogP contribution in [0.15, 0.2) is 103 Å². The number of nitrogens with zero attached hydrogens (tertiary/aromatic N) is 2. The Morgan fingerprint density at radius 1 is 0.625 bits per heavy atom. The van der Waals surface area contributed by atoms with Crippen LogP contribution in [0.2, 0.25) is 0 Å². The maximum atomic E-state index is 11.6. The average molecular weight is 529 g/mol. The smallest absolute Gasteiger partial charge is 0.220 e. The lowest BCUT2D eigenvalue weighted by Gasteiger charge is -2.27. The summed E-state index contributed by atoms with van der Waals surface area (Å²) >= 11 is 0. The van der Waals surface area contributed by atoms with Gasteiger partial charge in [-0.15, -0.1) is 0 Å². The number of phenolic OH excluding ortho intramolecular Hbond substituents is 1. The Bertz CT molecular complexity index is 1630. The standard InChI is InChI=1S/C36H36N2O2/c1-35(2,3)27-22-29(34(39)30(23-27)36(4,5)6)32-20-26(24-13-8-7-9-14-24)21-33(38-32)40-28-16-12-15-25(19-28)31-17-10-11-18-37-31/h7-23,39H,1-6H3. The van der Waals surface area contributed by atoms with Gasteiger partial charge in [0, 0.05) is 29.0 Å². The van der Waals surface area contributed by atoms with Gasteiger partial charge in [-0.2, -0.15) is 0 Å². The molecule has 0 aliphatic heterocycles. The molecule has 4 heteroatoms. The molecule has 0 aliphatic carbocycles. The van der Waals surface area contributed by atoms with Crippen LogP contribution < -0.4 is 4.74 Å². The van der Waals surface area contributed by atoms with Crippen molar-refractivity contribution in [3.8, 4) is 51.0 Å². The second-order valence-electron chi connectivity index (χ2n) is 12.2. The van der Waals surface area contributed by atoms with E-state index < -0.39 is 0 Å². The van der Waals surface area contributed by atoms with Gasteiger partial charge in [0.15, 0.2) is 0 Å². The van der Waals surface area contributed by atoms with Gasteiger partial charge in [0.1, 0.15) is 11.5 Å². The first kappa shape index (κ1) is 27.1. The van der Waals surface area contributed by atoms with Crippen molar-refractivity contribution in [2.75, 3.05) is 0 Å². The van der Waals surface area contributed by atoms with Crippen LogP contribution in [0.1, 0.15) is 52.7 Å². The maximum absolute atomic E-state index is 11.6. The number of hydrogen-bond acceptors (Lipinski definition) is 4. The molecule has 0 saturated heterocycles. The molecule has 1 N–H and O–H groups in total. The second-order valence-corrected chi connectivity index (χ2v) is 12.2. The molecule has 0 atom stereocenters. The molecule has 0 spiro atoms. The highest BCUT2D eigenvalue weighted by molar-refractivity contribution is 5.77. The molecule has 0 aliphatic rings. The second kappa shape index (κ2) is 10.6. The summed E-state index contributed by atoms with van der Waals surface area (Å²) < 4.78 is 6.38. The number of aromatic hydroxyl groups is 1. The molecule has 4 nitrogen and oxygen atoms in total. The zero-order valence-corrected chi connectivity index (χ0v) is 24.1. The largest absolute Gasteiger partial charge is 0.507 e. The van der Waals surface area contributed by atoms with E-state index in [0.717, 1.165) is 33.5 Å². The van der Waals surface area contributed by atoms with E-state index in [1.54, 1.807) is 6.20 Å². The highest BCUT2D eigenvalue weighted by atomic mass is 16.5. The molecule has 0 bridgehead atoms. The van der Waals surface area contributed by atoms with Gasteiger partial charge >= 0.3 is 0 Å². The molecule has 0 unspecified atom stereocenters. The normalized spacial score (nSPS) is 11.8. The van der Waals surface area contributed by atoms with E-state index in [4.69, 9.17) is 9.72 Å². The molecule has 2 heterocycles. The lowest BCUT2D eigenvalue weighted by Crippen LogP contribution is -2.17. The summed E-state index contributed by atoms with van der Waals surface area (Å²) in [6.45, 7) is 12.9. The van der Waals surface area contributed by atoms with Crippen LogP contribution in [-0.2, 0) is 10.8 Å². The van der Waals surface area contributed by atoms with Crippen molar-refractivity contribution in [2.24, 2.45) is 0 Å². The van der Waals surface area contributed by atoms with E-state index in [0.29, 0.717) is 22.9 Å². The van der Waals surface area contributed by atoms with E-state index in [-0.39, 0.29) is 16.6 Å². The fraction of sp³-hybridized carbons (Fsp3) is 0.222. The summed E-state index contributed by atoms with van der Waals surface area (Å²) in [7, 11) is 0. The fourth-order valence-corrected chi connectivity index (χ4v) is 4.70. The first-order valence-electron chi connectivity index (χ1n) is 13.6. The van der Waals surface area contributed by atoms with Gasteiger partial charge in [0.05, 0.1) is 11.4 Å². The quantitative estimate of drug-likeness (QED) is 0.247. The summed E-state index contributed by atoms with van der Waals surface area (Å²) in [6.07, 6.45) is 1.78. The van der Waals surface area contributed by atoms with Gasteiger partial charge < -0.3 is 9.84 Å². The summed E-state index contributed by atoms with van der Waals surface area (Å²) in [5.74, 6) is 1.36. The van der Waals surface area contributed by atoms with Crippen molar-refractivity contribution in [3.63, 3.8) is 0 Å². The Morgan fingerprint density at radius 3 is 2.02 bits per heavy atom. The van der Waals surface area contributed by atoms with Gasteiger partial charge in [-0.05, 0) is 63.9 Å². The van der Waals surface area contributed by atoms with Crippen LogP contribution in [0.25, 0.3) is 33.6 Å². The van der Waals surface area contributed by atoms with Gasteiger partial charge in [0.2, 0.25) is 5.88 Å². The van der Waals surface area contributed by atoms with E-state index in [1.807, 2.05) is 72.8 Å². The number of phenols is 1. The zero-order chi connectivity index (χ0) is 28.5. The summed E-state index contributed by atoms with van der Waals surface area (Å²) in [5, 5.41) is 11.6. The summed E-state index contributed by atoms with van der Waals surface area (Å²) in [6, 6.07) is 32.0. The van der Waals surface area contributed by atoms with Crippen LogP contribution in [0.3, 0.4) is 0 Å². The molecule has 3 aromatic carbocycles. The lowest BCUT2D eigenvalue weighted by molar-refractivity contribution is 0.446. The Kier molecular flexibility index (Phi) is 7.20. The molecule has 202 valence electrons. The van der Waals surface area contributed by atoms with E-state index in [9.17, 15) is 5.11 Å². The van der Waals surface area contributed by atoms with Crippen molar-refractivity contribution in [1.29, 1.82) is 0 Å². The molecule has 0 amide bonds. The van der Waals surface area contributed by atoms with E-state index >= 15 is 0 Å². The van der Waals surface area contributed by atoms with Crippen LogP contribution in [0, 0.1) is 0 Å². The Morgan fingerprint density at radius 2 is 1.35 bits per heavy atom. The average Bonchev–Trinajstić information content (AvgIpc) is 2.93. The Hall–Kier alpha value is -4.44. The monoisotopic (exact) mass is 528 g/mol. The molecule has 0 radical (unpaired) electrons. The first-order chi connectivity index (χ1) is 19.0. The van der Waals surface area contributed by atoms with E-state index in [2.05, 4.69) is 70.8 Å². The van der Waals surface area contributed by atoms with Crippen LogP contribution in [0.5, 0.6) is 17.4 Å². The van der Waals surface area contributed by atoms with Gasteiger partial charge in [-0.1, -0.05) is 96.1 Å². The van der Waals surface area contributed by atoms with Crippen molar-refractivity contribution in [1.82, 2.24) is 9.97 Å². The predicted octanol–water partition coefficient (Wildman–Crippen LogP) is 9.57. The topological polar surface area (TPSA) is 55.2 Å². The van der Waals surface area contributed by atoms with Gasteiger partial charge in [-0.3, -0.25) is 4.98 Å². The minimum absolute atomic E-state index is 0.106. The Labute approximate surface area is 237 Å². The molecular formula is C36H36N2O2. The third-order valence-electron chi connectivity index (χ3n) is 6.99. The number of ether oxygens (including phenoxy) is 1. The third-order valence-corrected chi connectivity index (χ3v) is 6.99. The number of benzene rings is 3. The van der Waals surface area contributed by atoms with Gasteiger partial charge in [0.25, 0.3) is 0 Å². The predicted molar refractivity (Wildman–Crippen MR) is 164 cm³/mol. The first-order valence-corrected chi connectivity index (χ1v) is 13.6. The number of aromatic nitrogens is 2. The molecule has 0 fully saturated rings. The van der Waals surface area contributed by atoms with Crippen LogP contribution in [0.4, 0.5) is 0 Å². The molecule has 5 rings (SSSR count). The SMILES string of the molecule is CC(C)(C)c1cc(-c2cc(-c3ccccc3)cc(Oc3cccc(-c4ccccn4)c3)n2)c(O)c(C(C)(C)C)c1. The van der Waals surface area contributed by atoms with Crippen molar-refractivity contribution >= 4 is 0 Å². The maximum Gasteiger partial charge on any atom is 0.220 e. The Balaban J connectivity index is 1.67. The van der Waals surface area contributed by atoms with Crippen molar-refractivity contribution < 1.29 is 9.84 Å². The molecule has 40 heavy (non-hydrogen) atoms. The molecule has 0 saturated carbocycles. The van der Waals surface area contributed by atoms with Gasteiger partial charge in [-0.25, -0.2) is 4.98 Å². The minimum Gasteiger partial charge on any atom is -0.507 e. The number of rotatable bonds is 5. The molecular weight excluding hydrogens is 492 g/mol. The minimum atomic E-state index is -0.248. The summed E-state index contributed by atoms with van der Waals surface area (Å²) in [5.41, 5.74) is 6.87. The lowest BCUT2D eigenvalue weighted by atomic mass is 9.78. The van der Waals surface area contributed by atoms with E-state index in [1.165, 1.54) is 0 Å². The number of hydrogen-bond donors (Lipinski definition) is 1. The highest BCUT2D eigenvalue weighted by Crippen LogP contribution is 2.43. The zero-order valence-electron chi connectivity index (χ0n) is 24.1. The van der Waals surface area contributed by atoms with Crippen molar-refractivity contribution in [2.45, 2.75) is 52.4 Å². The number of pyridine rings is 2. The highest BCUT2D eigenvalue weighted by Gasteiger charge is 2.26. The fourth-order valence-electron chi connectivity index (χ4n) is 4.70. The third kappa shape index (κ3) is 5.91. The molecule has 2 aromatic heterocycles. The van der Waals surface area contributed by atoms with Crippen LogP contribution >= 0.6 is 0 Å². The summed E-state index contributed by atoms with van der Waals surface area (Å²) in [4.78, 5) is 9.41. The molecule has 5 aromatic rings. The van der Waals surface area contributed by atoms with Crippen LogP contribution in [-0.4, -0.2) is 15.1 Å². The van der Waals surface area contributed by atoms with Crippen molar-refractivity contribution in [3.05, 3.63) is 114 Å².